The highest BCUT2D eigenvalue weighted by Gasteiger charge is 2.20. The average molecular weight is 496 g/mol. The number of halogens is 1. The average Bonchev–Trinajstić information content (AvgIpc) is 2.75. The molecule has 0 saturated heterocycles. The van der Waals surface area contributed by atoms with Crippen LogP contribution in [0.5, 0.6) is 0 Å². The molecule has 0 saturated carbocycles. The summed E-state index contributed by atoms with van der Waals surface area (Å²) in [5.74, 6) is -2.73. The molecule has 2 atom stereocenters. The Bertz CT molecular complexity index is 1120. The second-order valence-electron chi connectivity index (χ2n) is 8.41. The Balaban J connectivity index is 2.59. The van der Waals surface area contributed by atoms with Crippen molar-refractivity contribution in [3.63, 3.8) is 0 Å². The Labute approximate surface area is 198 Å². The topological polar surface area (TPSA) is 150 Å². The van der Waals surface area contributed by atoms with Gasteiger partial charge in [0.2, 0.25) is 16.0 Å². The van der Waals surface area contributed by atoms with Crippen molar-refractivity contribution in [1.82, 2.24) is 9.97 Å². The number of aliphatic hydroxyl groups is 2. The molecule has 0 aliphatic heterocycles. The number of hydrogen-bond donors (Lipinski definition) is 4. The summed E-state index contributed by atoms with van der Waals surface area (Å²) in [6.07, 6.45) is 4.37. The van der Waals surface area contributed by atoms with Crippen LogP contribution in [0.25, 0.3) is 17.3 Å². The van der Waals surface area contributed by atoms with Crippen molar-refractivity contribution in [3.8, 4) is 11.3 Å². The van der Waals surface area contributed by atoms with Gasteiger partial charge in [-0.05, 0) is 42.5 Å². The van der Waals surface area contributed by atoms with E-state index in [9.17, 15) is 27.8 Å². The molecule has 1 aromatic heterocycles. The summed E-state index contributed by atoms with van der Waals surface area (Å²) in [4.78, 5) is 19.8. The molecule has 0 fully saturated rings. The van der Waals surface area contributed by atoms with Gasteiger partial charge in [-0.15, -0.1) is 0 Å². The standard InChI is InChI=1S/C23H30FN3O6S/c1-14(2)21-19(9-4-15(12-28)10-16(13-29)11-20(30)31)22(17-5-7-18(24)8-6-17)26-23(25-21)27-34(3,32)33/h4-9,14-16,28-29H,10-13H2,1-3H3,(H,30,31)(H,25,26,27)/b9-4+/t15-,16-/m1/s1. The molecule has 0 radical (unpaired) electrons. The smallest absolute Gasteiger partial charge is 0.303 e. The number of aliphatic carboxylic acids is 1. The molecule has 0 aliphatic carbocycles. The van der Waals surface area contributed by atoms with Gasteiger partial charge in [0.05, 0.1) is 24.1 Å². The van der Waals surface area contributed by atoms with Gasteiger partial charge in [0.25, 0.3) is 0 Å². The number of benzene rings is 1. The zero-order valence-corrected chi connectivity index (χ0v) is 20.1. The van der Waals surface area contributed by atoms with Crippen molar-refractivity contribution in [3.05, 3.63) is 47.4 Å². The molecule has 4 N–H and O–H groups in total. The summed E-state index contributed by atoms with van der Waals surface area (Å²) >= 11 is 0. The molecule has 0 bridgehead atoms. The van der Waals surface area contributed by atoms with Crippen molar-refractivity contribution in [2.45, 2.75) is 32.6 Å². The number of nitrogens with one attached hydrogen (secondary N) is 1. The summed E-state index contributed by atoms with van der Waals surface area (Å²) in [7, 11) is -3.65. The van der Waals surface area contributed by atoms with Crippen molar-refractivity contribution in [2.75, 3.05) is 24.2 Å². The fraction of sp³-hybridized carbons (Fsp3) is 0.435. The first-order chi connectivity index (χ1) is 15.9. The zero-order valence-electron chi connectivity index (χ0n) is 19.3. The Morgan fingerprint density at radius 1 is 1.15 bits per heavy atom. The molecule has 9 nitrogen and oxygen atoms in total. The van der Waals surface area contributed by atoms with Crippen molar-refractivity contribution in [2.24, 2.45) is 11.8 Å². The van der Waals surface area contributed by atoms with E-state index in [1.54, 1.807) is 12.2 Å². The number of carboxylic acids is 1. The Morgan fingerprint density at radius 3 is 2.29 bits per heavy atom. The molecule has 1 aromatic carbocycles. The van der Waals surface area contributed by atoms with Gasteiger partial charge in [-0.3, -0.25) is 9.52 Å². The SMILES string of the molecule is CC(C)c1nc(NS(C)(=O)=O)nc(-c2ccc(F)cc2)c1/C=C/[C@@H](CO)C[C@@H](CO)CC(=O)O. The first-order valence-electron chi connectivity index (χ1n) is 10.7. The van der Waals surface area contributed by atoms with Crippen LogP contribution in [0.3, 0.4) is 0 Å². The van der Waals surface area contributed by atoms with Crippen molar-refractivity contribution < 1.29 is 32.9 Å². The maximum atomic E-state index is 13.5. The molecule has 0 unspecified atom stereocenters. The number of carbonyl (C=O) groups is 1. The number of rotatable bonds is 12. The van der Waals surface area contributed by atoms with Crippen molar-refractivity contribution >= 4 is 28.0 Å². The molecule has 2 rings (SSSR count). The molecule has 1 heterocycles. The Hall–Kier alpha value is -2.89. The second-order valence-corrected chi connectivity index (χ2v) is 10.2. The first-order valence-corrected chi connectivity index (χ1v) is 12.6. The molecule has 0 spiro atoms. The van der Waals surface area contributed by atoms with Crippen LogP contribution in [0, 0.1) is 17.7 Å². The fourth-order valence-corrected chi connectivity index (χ4v) is 3.90. The van der Waals surface area contributed by atoms with Crippen LogP contribution in [0.15, 0.2) is 30.3 Å². The molecule has 186 valence electrons. The van der Waals surface area contributed by atoms with E-state index in [0.29, 0.717) is 22.5 Å². The second kappa shape index (κ2) is 12.0. The highest BCUT2D eigenvalue weighted by Crippen LogP contribution is 2.31. The van der Waals surface area contributed by atoms with E-state index >= 15 is 0 Å². The predicted molar refractivity (Wildman–Crippen MR) is 127 cm³/mol. The van der Waals surface area contributed by atoms with Crippen LogP contribution in [-0.2, 0) is 14.8 Å². The lowest BCUT2D eigenvalue weighted by Crippen LogP contribution is -2.17. The van der Waals surface area contributed by atoms with Gasteiger partial charge >= 0.3 is 5.97 Å². The molecular weight excluding hydrogens is 465 g/mol. The van der Waals surface area contributed by atoms with E-state index in [-0.39, 0.29) is 37.9 Å². The van der Waals surface area contributed by atoms with E-state index in [4.69, 9.17) is 5.11 Å². The van der Waals surface area contributed by atoms with E-state index < -0.39 is 33.6 Å². The number of anilines is 1. The summed E-state index contributed by atoms with van der Waals surface area (Å²) in [5, 5.41) is 28.3. The van der Waals surface area contributed by atoms with Crippen LogP contribution < -0.4 is 4.72 Å². The normalized spacial score (nSPS) is 13.9. The van der Waals surface area contributed by atoms with Crippen LogP contribution in [0.2, 0.25) is 0 Å². The third-order valence-electron chi connectivity index (χ3n) is 5.04. The third-order valence-corrected chi connectivity index (χ3v) is 5.60. The Morgan fingerprint density at radius 2 is 1.79 bits per heavy atom. The van der Waals surface area contributed by atoms with Gasteiger partial charge in [0, 0.05) is 30.3 Å². The van der Waals surface area contributed by atoms with E-state index in [2.05, 4.69) is 14.7 Å². The number of aliphatic hydroxyl groups excluding tert-OH is 2. The van der Waals surface area contributed by atoms with Gasteiger partial charge in [-0.25, -0.2) is 22.8 Å². The summed E-state index contributed by atoms with van der Waals surface area (Å²) in [5.41, 5.74) is 1.97. The molecule has 0 aliphatic rings. The van der Waals surface area contributed by atoms with E-state index in [1.807, 2.05) is 13.8 Å². The first kappa shape index (κ1) is 27.4. The van der Waals surface area contributed by atoms with Crippen molar-refractivity contribution in [1.29, 1.82) is 0 Å². The minimum atomic E-state index is -3.65. The highest BCUT2D eigenvalue weighted by atomic mass is 32.2. The number of hydrogen-bond acceptors (Lipinski definition) is 7. The van der Waals surface area contributed by atoms with Gasteiger partial charge in [0.1, 0.15) is 5.82 Å². The molecule has 11 heteroatoms. The Kier molecular flexibility index (Phi) is 9.66. The van der Waals surface area contributed by atoms with Crippen LogP contribution >= 0.6 is 0 Å². The quantitative estimate of drug-likeness (QED) is 0.351. The van der Waals surface area contributed by atoms with Gasteiger partial charge in [-0.1, -0.05) is 26.0 Å². The number of carboxylic acid groups (broad SMARTS) is 1. The third kappa shape index (κ3) is 8.15. The minimum Gasteiger partial charge on any atom is -0.481 e. The van der Waals surface area contributed by atoms with Gasteiger partial charge in [0.15, 0.2) is 0 Å². The lowest BCUT2D eigenvalue weighted by atomic mass is 9.91. The highest BCUT2D eigenvalue weighted by molar-refractivity contribution is 7.91. The minimum absolute atomic E-state index is 0.122. The lowest BCUT2D eigenvalue weighted by Gasteiger charge is -2.18. The maximum Gasteiger partial charge on any atom is 0.303 e. The summed E-state index contributed by atoms with van der Waals surface area (Å²) in [6, 6.07) is 5.55. The number of aromatic nitrogens is 2. The monoisotopic (exact) mass is 495 g/mol. The largest absolute Gasteiger partial charge is 0.481 e. The maximum absolute atomic E-state index is 13.5. The summed E-state index contributed by atoms with van der Waals surface area (Å²) in [6.45, 7) is 3.14. The molecule has 0 amide bonds. The number of sulfonamides is 1. The lowest BCUT2D eigenvalue weighted by molar-refractivity contribution is -0.138. The van der Waals surface area contributed by atoms with Crippen LogP contribution in [0.1, 0.15) is 43.9 Å². The molecular formula is C23H30FN3O6S. The predicted octanol–water partition coefficient (Wildman–Crippen LogP) is 2.87. The zero-order chi connectivity index (χ0) is 25.5. The van der Waals surface area contributed by atoms with Gasteiger partial charge < -0.3 is 15.3 Å². The van der Waals surface area contributed by atoms with Crippen LogP contribution in [0.4, 0.5) is 10.3 Å². The fourth-order valence-electron chi connectivity index (χ4n) is 3.47. The van der Waals surface area contributed by atoms with E-state index in [0.717, 1.165) is 6.26 Å². The van der Waals surface area contributed by atoms with Crippen LogP contribution in [-0.4, -0.2) is 59.1 Å². The molecule has 2 aromatic rings. The molecule has 34 heavy (non-hydrogen) atoms. The van der Waals surface area contributed by atoms with Gasteiger partial charge in [-0.2, -0.15) is 0 Å². The number of nitrogens with zero attached hydrogens (tertiary/aromatic N) is 2. The summed E-state index contributed by atoms with van der Waals surface area (Å²) < 4.78 is 39.4. The van der Waals surface area contributed by atoms with E-state index in [1.165, 1.54) is 24.3 Å².